The zero-order chi connectivity index (χ0) is 15.5. The molecule has 2 heteroatoms. The first-order chi connectivity index (χ1) is 10.1. The molecular weight excluding hydrogens is 256 g/mol. The fourth-order valence-electron chi connectivity index (χ4n) is 4.47. The van der Waals surface area contributed by atoms with E-state index in [4.69, 9.17) is 0 Å². The van der Waals surface area contributed by atoms with Gasteiger partial charge in [0.15, 0.2) is 0 Å². The van der Waals surface area contributed by atoms with Crippen LogP contribution in [0, 0.1) is 11.3 Å². The minimum Gasteiger partial charge on any atom is -0.300 e. The van der Waals surface area contributed by atoms with Gasteiger partial charge < -0.3 is 4.90 Å². The van der Waals surface area contributed by atoms with Crippen molar-refractivity contribution in [2.45, 2.75) is 85.2 Å². The van der Waals surface area contributed by atoms with E-state index in [2.05, 4.69) is 30.6 Å². The average Bonchev–Trinajstić information content (AvgIpc) is 2.48. The molecule has 0 aromatic heterocycles. The van der Waals surface area contributed by atoms with E-state index in [1.807, 2.05) is 13.8 Å². The molecule has 2 aliphatic heterocycles. The highest BCUT2D eigenvalue weighted by atomic mass is 15.2. The lowest BCUT2D eigenvalue weighted by Gasteiger charge is -2.56. The van der Waals surface area contributed by atoms with Crippen LogP contribution in [0.5, 0.6) is 0 Å². The summed E-state index contributed by atoms with van der Waals surface area (Å²) in [4.78, 5) is 5.48. The van der Waals surface area contributed by atoms with Crippen LogP contribution in [-0.2, 0) is 0 Å². The Kier molecular flexibility index (Phi) is 6.14. The number of nitrogens with zero attached hydrogens (tertiary/aromatic N) is 2. The third-order valence-corrected chi connectivity index (χ3v) is 6.17. The summed E-state index contributed by atoms with van der Waals surface area (Å²) in [5.74, 6) is 0.985. The molecule has 0 amide bonds. The molecule has 2 saturated heterocycles. The third kappa shape index (κ3) is 4.01. The van der Waals surface area contributed by atoms with Crippen LogP contribution in [0.25, 0.3) is 0 Å². The van der Waals surface area contributed by atoms with Gasteiger partial charge in [-0.1, -0.05) is 20.8 Å². The summed E-state index contributed by atoms with van der Waals surface area (Å²) in [7, 11) is 0. The van der Waals surface area contributed by atoms with E-state index in [-0.39, 0.29) is 0 Å². The van der Waals surface area contributed by atoms with Crippen molar-refractivity contribution in [2.75, 3.05) is 26.2 Å². The lowest BCUT2D eigenvalue weighted by Crippen LogP contribution is -2.62. The Morgan fingerprint density at radius 3 is 1.90 bits per heavy atom. The molecule has 0 bridgehead atoms. The minimum atomic E-state index is 0.711. The van der Waals surface area contributed by atoms with Crippen molar-refractivity contribution in [1.29, 1.82) is 0 Å². The SMILES string of the molecule is CC.CC1CCC(N2CCC3(CC2)CN(C(C)C)C3)CC1. The summed E-state index contributed by atoms with van der Waals surface area (Å²) in [6.07, 6.45) is 8.78. The van der Waals surface area contributed by atoms with Gasteiger partial charge in [0.2, 0.25) is 0 Å². The van der Waals surface area contributed by atoms with Crippen molar-refractivity contribution in [3.05, 3.63) is 0 Å². The van der Waals surface area contributed by atoms with Gasteiger partial charge in [-0.05, 0) is 76.8 Å². The molecule has 1 aliphatic carbocycles. The molecule has 2 nitrogen and oxygen atoms in total. The van der Waals surface area contributed by atoms with Crippen molar-refractivity contribution in [3.8, 4) is 0 Å². The molecule has 0 aromatic rings. The monoisotopic (exact) mass is 294 g/mol. The fourth-order valence-corrected chi connectivity index (χ4v) is 4.47. The molecule has 1 spiro atoms. The van der Waals surface area contributed by atoms with E-state index in [1.54, 1.807) is 0 Å². The van der Waals surface area contributed by atoms with Crippen LogP contribution in [-0.4, -0.2) is 48.1 Å². The van der Waals surface area contributed by atoms with Crippen molar-refractivity contribution in [3.63, 3.8) is 0 Å². The maximum atomic E-state index is 2.83. The Morgan fingerprint density at radius 2 is 1.43 bits per heavy atom. The summed E-state index contributed by atoms with van der Waals surface area (Å²) in [5, 5.41) is 0. The van der Waals surface area contributed by atoms with Gasteiger partial charge in [-0.3, -0.25) is 4.90 Å². The summed E-state index contributed by atoms with van der Waals surface area (Å²) in [5.41, 5.74) is 0.711. The van der Waals surface area contributed by atoms with E-state index in [0.717, 1.165) is 18.0 Å². The second-order valence-corrected chi connectivity index (χ2v) is 7.95. The molecule has 2 heterocycles. The van der Waals surface area contributed by atoms with E-state index in [1.165, 1.54) is 64.7 Å². The molecule has 0 radical (unpaired) electrons. The van der Waals surface area contributed by atoms with Gasteiger partial charge in [-0.15, -0.1) is 0 Å². The second kappa shape index (κ2) is 7.46. The van der Waals surface area contributed by atoms with E-state index in [0.29, 0.717) is 5.41 Å². The van der Waals surface area contributed by atoms with Gasteiger partial charge in [0.1, 0.15) is 0 Å². The Labute approximate surface area is 133 Å². The summed E-state index contributed by atoms with van der Waals surface area (Å²) in [6.45, 7) is 16.6. The summed E-state index contributed by atoms with van der Waals surface area (Å²) in [6, 6.07) is 1.68. The molecule has 0 atom stereocenters. The molecule has 0 aromatic carbocycles. The van der Waals surface area contributed by atoms with Crippen LogP contribution in [0.1, 0.15) is 73.1 Å². The highest BCUT2D eigenvalue weighted by Crippen LogP contribution is 2.42. The number of hydrogen-bond acceptors (Lipinski definition) is 2. The molecule has 21 heavy (non-hydrogen) atoms. The number of hydrogen-bond donors (Lipinski definition) is 0. The molecule has 124 valence electrons. The zero-order valence-electron chi connectivity index (χ0n) is 15.2. The highest BCUT2D eigenvalue weighted by molar-refractivity contribution is 5.00. The quantitative estimate of drug-likeness (QED) is 0.745. The summed E-state index contributed by atoms with van der Waals surface area (Å²) < 4.78 is 0. The highest BCUT2D eigenvalue weighted by Gasteiger charge is 2.46. The van der Waals surface area contributed by atoms with Crippen molar-refractivity contribution in [1.82, 2.24) is 9.80 Å². The topological polar surface area (TPSA) is 6.48 Å². The van der Waals surface area contributed by atoms with E-state index < -0.39 is 0 Å². The third-order valence-electron chi connectivity index (χ3n) is 6.17. The van der Waals surface area contributed by atoms with Gasteiger partial charge in [0.05, 0.1) is 0 Å². The van der Waals surface area contributed by atoms with E-state index >= 15 is 0 Å². The second-order valence-electron chi connectivity index (χ2n) is 7.95. The van der Waals surface area contributed by atoms with Gasteiger partial charge in [-0.2, -0.15) is 0 Å². The molecular formula is C19H38N2. The van der Waals surface area contributed by atoms with Crippen LogP contribution in [0.15, 0.2) is 0 Å². The first-order valence-electron chi connectivity index (χ1n) is 9.56. The first-order valence-corrected chi connectivity index (χ1v) is 9.56. The van der Waals surface area contributed by atoms with Crippen LogP contribution in [0.3, 0.4) is 0 Å². The lowest BCUT2D eigenvalue weighted by atomic mass is 9.71. The molecule has 0 unspecified atom stereocenters. The van der Waals surface area contributed by atoms with Crippen LogP contribution in [0.2, 0.25) is 0 Å². The Morgan fingerprint density at radius 1 is 0.905 bits per heavy atom. The van der Waals surface area contributed by atoms with E-state index in [9.17, 15) is 0 Å². The molecule has 0 N–H and O–H groups in total. The van der Waals surface area contributed by atoms with Crippen molar-refractivity contribution < 1.29 is 0 Å². The first kappa shape index (κ1) is 17.3. The number of likely N-dealkylation sites (tertiary alicyclic amines) is 2. The average molecular weight is 295 g/mol. The van der Waals surface area contributed by atoms with Crippen LogP contribution in [0.4, 0.5) is 0 Å². The minimum absolute atomic E-state index is 0.711. The Balaban J connectivity index is 0.000000774. The Hall–Kier alpha value is -0.0800. The van der Waals surface area contributed by atoms with Crippen LogP contribution < -0.4 is 0 Å². The molecule has 3 fully saturated rings. The standard InChI is InChI=1S/C17H32N2.C2H6/c1-14(2)19-12-17(13-19)8-10-18(11-9-17)16-6-4-15(3)5-7-16;1-2/h14-16H,4-13H2,1-3H3;1-2H3. The van der Waals surface area contributed by atoms with Crippen molar-refractivity contribution in [2.24, 2.45) is 11.3 Å². The molecule has 1 saturated carbocycles. The largest absolute Gasteiger partial charge is 0.300 e. The maximum Gasteiger partial charge on any atom is 0.00954 e. The number of rotatable bonds is 2. The molecule has 3 rings (SSSR count). The predicted molar refractivity (Wildman–Crippen MR) is 92.7 cm³/mol. The smallest absolute Gasteiger partial charge is 0.00954 e. The maximum absolute atomic E-state index is 2.83. The van der Waals surface area contributed by atoms with Gasteiger partial charge in [0, 0.05) is 25.2 Å². The Bertz CT molecular complexity index is 289. The fraction of sp³-hybridized carbons (Fsp3) is 1.00. The van der Waals surface area contributed by atoms with Gasteiger partial charge in [0.25, 0.3) is 0 Å². The van der Waals surface area contributed by atoms with Gasteiger partial charge >= 0.3 is 0 Å². The summed E-state index contributed by atoms with van der Waals surface area (Å²) >= 11 is 0. The van der Waals surface area contributed by atoms with Crippen LogP contribution >= 0.6 is 0 Å². The molecule has 3 aliphatic rings. The normalized spacial score (nSPS) is 33.4. The lowest BCUT2D eigenvalue weighted by molar-refractivity contribution is -0.0709. The van der Waals surface area contributed by atoms with Gasteiger partial charge in [-0.25, -0.2) is 0 Å². The number of piperidine rings is 1. The predicted octanol–water partition coefficient (Wildman–Crippen LogP) is 4.40. The van der Waals surface area contributed by atoms with Crippen molar-refractivity contribution >= 4 is 0 Å². The zero-order valence-corrected chi connectivity index (χ0v) is 15.2.